The minimum atomic E-state index is 0.662. The molecule has 0 aliphatic rings. The van der Waals surface area contributed by atoms with E-state index in [1.165, 1.54) is 5.56 Å². The molecule has 1 heterocycles. The second-order valence-corrected chi connectivity index (χ2v) is 4.19. The van der Waals surface area contributed by atoms with Crippen molar-refractivity contribution in [3.63, 3.8) is 0 Å². The lowest BCUT2D eigenvalue weighted by molar-refractivity contribution is 0.395. The number of benzene rings is 1. The summed E-state index contributed by atoms with van der Waals surface area (Å²) in [5.41, 5.74) is 3.12. The Labute approximate surface area is 113 Å². The van der Waals surface area contributed by atoms with Crippen LogP contribution < -0.4 is 14.8 Å². The third kappa shape index (κ3) is 3.16. The van der Waals surface area contributed by atoms with Crippen LogP contribution in [0.15, 0.2) is 36.5 Å². The molecule has 1 aromatic carbocycles. The zero-order valence-electron chi connectivity index (χ0n) is 11.4. The smallest absolute Gasteiger partial charge is 0.145 e. The largest absolute Gasteiger partial charge is 0.497 e. The molecule has 0 amide bonds. The fraction of sp³-hybridized carbons (Fsp3) is 0.267. The van der Waals surface area contributed by atoms with Gasteiger partial charge >= 0.3 is 0 Å². The van der Waals surface area contributed by atoms with Gasteiger partial charge in [0.2, 0.25) is 0 Å². The highest BCUT2D eigenvalue weighted by Gasteiger charge is 2.05. The van der Waals surface area contributed by atoms with Crippen molar-refractivity contribution >= 4 is 5.69 Å². The van der Waals surface area contributed by atoms with Crippen LogP contribution >= 0.6 is 0 Å². The molecule has 0 unspecified atom stereocenters. The van der Waals surface area contributed by atoms with E-state index in [0.29, 0.717) is 6.54 Å². The highest BCUT2D eigenvalue weighted by molar-refractivity contribution is 5.59. The summed E-state index contributed by atoms with van der Waals surface area (Å²) >= 11 is 0. The summed E-state index contributed by atoms with van der Waals surface area (Å²) in [5.74, 6) is 1.53. The number of aromatic nitrogens is 1. The van der Waals surface area contributed by atoms with Crippen LogP contribution in [0.5, 0.6) is 11.5 Å². The third-order valence-corrected chi connectivity index (χ3v) is 2.97. The molecule has 0 bridgehead atoms. The second-order valence-electron chi connectivity index (χ2n) is 4.19. The van der Waals surface area contributed by atoms with Crippen molar-refractivity contribution in [1.29, 1.82) is 0 Å². The van der Waals surface area contributed by atoms with Gasteiger partial charge < -0.3 is 14.8 Å². The number of pyridine rings is 1. The maximum atomic E-state index is 5.34. The zero-order chi connectivity index (χ0) is 13.7. The molecule has 2 aromatic rings. The lowest BCUT2D eigenvalue weighted by Gasteiger charge is -2.13. The number of anilines is 1. The summed E-state index contributed by atoms with van der Waals surface area (Å²) in [4.78, 5) is 4.35. The Morgan fingerprint density at radius 3 is 2.68 bits per heavy atom. The van der Waals surface area contributed by atoms with E-state index in [0.717, 1.165) is 22.9 Å². The Balaban J connectivity index is 2.13. The van der Waals surface area contributed by atoms with Crippen molar-refractivity contribution < 1.29 is 9.47 Å². The molecule has 2 rings (SSSR count). The third-order valence-electron chi connectivity index (χ3n) is 2.97. The van der Waals surface area contributed by atoms with Crippen LogP contribution in [0.4, 0.5) is 5.69 Å². The normalized spacial score (nSPS) is 10.1. The SMILES string of the molecule is COc1ccc(NCc2ncccc2C)c(OC)c1. The lowest BCUT2D eigenvalue weighted by Crippen LogP contribution is -2.04. The van der Waals surface area contributed by atoms with Crippen molar-refractivity contribution in [1.82, 2.24) is 4.98 Å². The molecule has 0 saturated heterocycles. The number of nitrogens with zero attached hydrogens (tertiary/aromatic N) is 1. The number of aryl methyl sites for hydroxylation is 1. The highest BCUT2D eigenvalue weighted by atomic mass is 16.5. The topological polar surface area (TPSA) is 43.4 Å². The monoisotopic (exact) mass is 258 g/mol. The fourth-order valence-electron chi connectivity index (χ4n) is 1.83. The average molecular weight is 258 g/mol. The van der Waals surface area contributed by atoms with E-state index in [2.05, 4.69) is 23.3 Å². The van der Waals surface area contributed by atoms with Crippen LogP contribution in [-0.4, -0.2) is 19.2 Å². The molecule has 1 aromatic heterocycles. The Kier molecular flexibility index (Phi) is 4.23. The first-order valence-electron chi connectivity index (χ1n) is 6.11. The molecule has 0 fully saturated rings. The molecule has 19 heavy (non-hydrogen) atoms. The summed E-state index contributed by atoms with van der Waals surface area (Å²) in [6.45, 7) is 2.71. The van der Waals surface area contributed by atoms with Gasteiger partial charge in [-0.05, 0) is 30.7 Å². The van der Waals surface area contributed by atoms with E-state index < -0.39 is 0 Å². The molecule has 1 N–H and O–H groups in total. The highest BCUT2D eigenvalue weighted by Crippen LogP contribution is 2.29. The molecule has 4 heteroatoms. The predicted octanol–water partition coefficient (Wildman–Crippen LogP) is 3.02. The molecular formula is C15H18N2O2. The number of hydrogen-bond donors (Lipinski definition) is 1. The number of nitrogens with one attached hydrogen (secondary N) is 1. The molecule has 0 spiro atoms. The van der Waals surface area contributed by atoms with E-state index in [-0.39, 0.29) is 0 Å². The Morgan fingerprint density at radius 2 is 2.00 bits per heavy atom. The maximum Gasteiger partial charge on any atom is 0.145 e. The van der Waals surface area contributed by atoms with Crippen molar-refractivity contribution in [3.8, 4) is 11.5 Å². The van der Waals surface area contributed by atoms with Crippen molar-refractivity contribution in [2.45, 2.75) is 13.5 Å². The van der Waals surface area contributed by atoms with E-state index >= 15 is 0 Å². The standard InChI is InChI=1S/C15H18N2O2/c1-11-5-4-8-16-14(11)10-17-13-7-6-12(18-2)9-15(13)19-3/h4-9,17H,10H2,1-3H3. The van der Waals surface area contributed by atoms with E-state index in [1.54, 1.807) is 20.4 Å². The van der Waals surface area contributed by atoms with Crippen LogP contribution in [-0.2, 0) is 6.54 Å². The molecule has 0 atom stereocenters. The van der Waals surface area contributed by atoms with Gasteiger partial charge in [0.25, 0.3) is 0 Å². The van der Waals surface area contributed by atoms with E-state index in [9.17, 15) is 0 Å². The minimum absolute atomic E-state index is 0.662. The fourth-order valence-corrected chi connectivity index (χ4v) is 1.83. The lowest BCUT2D eigenvalue weighted by atomic mass is 10.2. The molecular weight excluding hydrogens is 240 g/mol. The van der Waals surface area contributed by atoms with Crippen LogP contribution in [0.25, 0.3) is 0 Å². The number of rotatable bonds is 5. The Hall–Kier alpha value is -2.23. The number of methoxy groups -OCH3 is 2. The van der Waals surface area contributed by atoms with Gasteiger partial charge in [0.15, 0.2) is 0 Å². The first-order chi connectivity index (χ1) is 9.24. The first kappa shape index (κ1) is 13.2. The van der Waals surface area contributed by atoms with Crippen LogP contribution in [0.3, 0.4) is 0 Å². The molecule has 100 valence electrons. The summed E-state index contributed by atoms with van der Waals surface area (Å²) in [7, 11) is 3.28. The molecule has 4 nitrogen and oxygen atoms in total. The van der Waals surface area contributed by atoms with Crippen LogP contribution in [0, 0.1) is 6.92 Å². The Bertz CT molecular complexity index is 556. The van der Waals surface area contributed by atoms with Crippen molar-refractivity contribution in [3.05, 3.63) is 47.8 Å². The molecule has 0 radical (unpaired) electrons. The van der Waals surface area contributed by atoms with Gasteiger partial charge in [0.05, 0.1) is 32.1 Å². The van der Waals surface area contributed by atoms with Gasteiger partial charge in [-0.15, -0.1) is 0 Å². The van der Waals surface area contributed by atoms with Crippen molar-refractivity contribution in [2.24, 2.45) is 0 Å². The second kappa shape index (κ2) is 6.09. The minimum Gasteiger partial charge on any atom is -0.497 e. The van der Waals surface area contributed by atoms with Crippen LogP contribution in [0.2, 0.25) is 0 Å². The Morgan fingerprint density at radius 1 is 1.16 bits per heavy atom. The predicted molar refractivity (Wildman–Crippen MR) is 75.8 cm³/mol. The number of ether oxygens (including phenoxy) is 2. The summed E-state index contributed by atoms with van der Waals surface area (Å²) in [6.07, 6.45) is 1.80. The maximum absolute atomic E-state index is 5.34. The van der Waals surface area contributed by atoms with Gasteiger partial charge in [0.1, 0.15) is 11.5 Å². The summed E-state index contributed by atoms with van der Waals surface area (Å²) in [5, 5.41) is 3.33. The van der Waals surface area contributed by atoms with Crippen LogP contribution in [0.1, 0.15) is 11.3 Å². The zero-order valence-corrected chi connectivity index (χ0v) is 11.4. The van der Waals surface area contributed by atoms with Gasteiger partial charge in [-0.2, -0.15) is 0 Å². The van der Waals surface area contributed by atoms with Gasteiger partial charge in [-0.25, -0.2) is 0 Å². The molecule has 0 saturated carbocycles. The first-order valence-corrected chi connectivity index (χ1v) is 6.11. The van der Waals surface area contributed by atoms with Gasteiger partial charge in [-0.3, -0.25) is 4.98 Å². The quantitative estimate of drug-likeness (QED) is 0.895. The van der Waals surface area contributed by atoms with Gasteiger partial charge in [0, 0.05) is 12.3 Å². The van der Waals surface area contributed by atoms with E-state index in [4.69, 9.17) is 9.47 Å². The summed E-state index contributed by atoms with van der Waals surface area (Å²) in [6, 6.07) is 9.68. The molecule has 0 aliphatic carbocycles. The van der Waals surface area contributed by atoms with Crippen molar-refractivity contribution in [2.75, 3.05) is 19.5 Å². The van der Waals surface area contributed by atoms with Gasteiger partial charge in [-0.1, -0.05) is 6.07 Å². The molecule has 0 aliphatic heterocycles. The number of hydrogen-bond acceptors (Lipinski definition) is 4. The summed E-state index contributed by atoms with van der Waals surface area (Å²) < 4.78 is 10.5. The average Bonchev–Trinajstić information content (AvgIpc) is 2.46. The van der Waals surface area contributed by atoms with E-state index in [1.807, 2.05) is 24.3 Å².